The average molecular weight is 269 g/mol. The molecule has 1 atom stereocenters. The molecule has 1 aromatic carbocycles. The van der Waals surface area contributed by atoms with Crippen molar-refractivity contribution in [1.82, 2.24) is 5.32 Å². The Morgan fingerprint density at radius 3 is 2.47 bits per heavy atom. The van der Waals surface area contributed by atoms with Crippen molar-refractivity contribution in [3.8, 4) is 5.75 Å². The van der Waals surface area contributed by atoms with Crippen molar-refractivity contribution >= 4 is 0 Å². The minimum absolute atomic E-state index is 0.118. The van der Waals surface area contributed by atoms with Crippen molar-refractivity contribution in [2.24, 2.45) is 0 Å². The van der Waals surface area contributed by atoms with Crippen LogP contribution >= 0.6 is 0 Å². The summed E-state index contributed by atoms with van der Waals surface area (Å²) in [6.45, 7) is 8.68. The number of halogens is 1. The summed E-state index contributed by atoms with van der Waals surface area (Å²) in [6, 6.07) is 5.15. The molecule has 0 aliphatic rings. The first-order valence-electron chi connectivity index (χ1n) is 6.57. The summed E-state index contributed by atoms with van der Waals surface area (Å²) in [7, 11) is 1.84. The van der Waals surface area contributed by atoms with Crippen LogP contribution in [-0.4, -0.2) is 25.9 Å². The third-order valence-corrected chi connectivity index (χ3v) is 2.76. The van der Waals surface area contributed by atoms with Crippen molar-refractivity contribution < 1.29 is 13.9 Å². The molecule has 0 amide bonds. The lowest BCUT2D eigenvalue weighted by Crippen LogP contribution is -2.22. The number of benzene rings is 1. The molecule has 3 nitrogen and oxygen atoms in total. The monoisotopic (exact) mass is 269 g/mol. The van der Waals surface area contributed by atoms with Crippen LogP contribution in [-0.2, 0) is 4.74 Å². The Morgan fingerprint density at radius 1 is 1.26 bits per heavy atom. The van der Waals surface area contributed by atoms with Gasteiger partial charge in [-0.3, -0.25) is 0 Å². The molecule has 0 bridgehead atoms. The molecule has 0 heterocycles. The summed E-state index contributed by atoms with van der Waals surface area (Å²) in [5, 5.41) is 3.07. The van der Waals surface area contributed by atoms with Gasteiger partial charge in [0.1, 0.15) is 6.61 Å². The van der Waals surface area contributed by atoms with E-state index < -0.39 is 0 Å². The molecule has 0 aliphatic heterocycles. The number of nitrogens with one attached hydrogen (secondary N) is 1. The Morgan fingerprint density at radius 2 is 1.95 bits per heavy atom. The maximum atomic E-state index is 13.8. The first-order chi connectivity index (χ1) is 8.83. The molecule has 0 radical (unpaired) electrons. The lowest BCUT2D eigenvalue weighted by atomic mass is 10.1. The molecule has 0 saturated heterocycles. The molecule has 1 aromatic rings. The first kappa shape index (κ1) is 15.9. The van der Waals surface area contributed by atoms with E-state index in [-0.39, 0.29) is 23.2 Å². The van der Waals surface area contributed by atoms with Crippen LogP contribution < -0.4 is 10.1 Å². The van der Waals surface area contributed by atoms with Crippen LogP contribution in [0.5, 0.6) is 5.75 Å². The molecule has 1 N–H and O–H groups in total. The summed E-state index contributed by atoms with van der Waals surface area (Å²) >= 11 is 0. The highest BCUT2D eigenvalue weighted by atomic mass is 19.1. The quantitative estimate of drug-likeness (QED) is 0.804. The van der Waals surface area contributed by atoms with E-state index >= 15 is 0 Å². The minimum atomic E-state index is -0.338. The molecule has 4 heteroatoms. The second-order valence-corrected chi connectivity index (χ2v) is 5.51. The average Bonchev–Trinajstić information content (AvgIpc) is 2.33. The van der Waals surface area contributed by atoms with Gasteiger partial charge in [-0.25, -0.2) is 4.39 Å². The summed E-state index contributed by atoms with van der Waals surface area (Å²) in [5.41, 5.74) is 0.701. The Hall–Kier alpha value is -1.13. The highest BCUT2D eigenvalue weighted by molar-refractivity contribution is 5.30. The molecule has 0 spiro atoms. The Balaban J connectivity index is 2.51. The lowest BCUT2D eigenvalue weighted by Gasteiger charge is -2.19. The fraction of sp³-hybridized carbons (Fsp3) is 0.600. The van der Waals surface area contributed by atoms with Crippen LogP contribution in [0.15, 0.2) is 18.2 Å². The summed E-state index contributed by atoms with van der Waals surface area (Å²) in [6.07, 6.45) is 0. The van der Waals surface area contributed by atoms with Crippen LogP contribution in [0.4, 0.5) is 4.39 Å². The zero-order chi connectivity index (χ0) is 14.5. The molecule has 1 unspecified atom stereocenters. The van der Waals surface area contributed by atoms with Gasteiger partial charge < -0.3 is 14.8 Å². The molecular formula is C15H24FNO2. The highest BCUT2D eigenvalue weighted by Crippen LogP contribution is 2.22. The van der Waals surface area contributed by atoms with Gasteiger partial charge in [-0.2, -0.15) is 0 Å². The molecule has 1 rings (SSSR count). The first-order valence-corrected chi connectivity index (χ1v) is 6.57. The van der Waals surface area contributed by atoms with Crippen LogP contribution in [0.2, 0.25) is 0 Å². The summed E-state index contributed by atoms with van der Waals surface area (Å²) in [4.78, 5) is 0. The summed E-state index contributed by atoms with van der Waals surface area (Å²) < 4.78 is 24.7. The van der Waals surface area contributed by atoms with E-state index in [1.165, 1.54) is 6.07 Å². The standard InChI is InChI=1S/C15H24FNO2/c1-11(17-5)12-6-7-14(13(16)10-12)18-8-9-19-15(2,3)4/h6-7,10-11,17H,8-9H2,1-5H3. The van der Waals surface area contributed by atoms with E-state index in [1.54, 1.807) is 6.07 Å². The third kappa shape index (κ3) is 5.57. The van der Waals surface area contributed by atoms with Crippen molar-refractivity contribution in [2.75, 3.05) is 20.3 Å². The van der Waals surface area contributed by atoms with Gasteiger partial charge in [-0.05, 0) is 52.4 Å². The second-order valence-electron chi connectivity index (χ2n) is 5.51. The Bertz CT molecular complexity index is 402. The van der Waals surface area contributed by atoms with Crippen LogP contribution in [0.1, 0.15) is 39.3 Å². The van der Waals surface area contributed by atoms with Crippen LogP contribution in [0.3, 0.4) is 0 Å². The van der Waals surface area contributed by atoms with Gasteiger partial charge in [0.2, 0.25) is 0 Å². The van der Waals surface area contributed by atoms with E-state index in [2.05, 4.69) is 5.32 Å². The number of hydrogen-bond donors (Lipinski definition) is 1. The Labute approximate surface area is 115 Å². The predicted octanol–water partition coefficient (Wildman–Crippen LogP) is 3.30. The maximum Gasteiger partial charge on any atom is 0.165 e. The number of hydrogen-bond acceptors (Lipinski definition) is 3. The van der Waals surface area contributed by atoms with Crippen LogP contribution in [0, 0.1) is 5.82 Å². The molecule has 0 aromatic heterocycles. The van der Waals surface area contributed by atoms with E-state index in [0.717, 1.165) is 5.56 Å². The van der Waals surface area contributed by atoms with E-state index in [4.69, 9.17) is 9.47 Å². The fourth-order valence-electron chi connectivity index (χ4n) is 1.57. The maximum absolute atomic E-state index is 13.8. The molecule has 0 fully saturated rings. The van der Waals surface area contributed by atoms with Gasteiger partial charge in [0.05, 0.1) is 12.2 Å². The van der Waals surface area contributed by atoms with Gasteiger partial charge in [0.15, 0.2) is 11.6 Å². The number of rotatable bonds is 6. The van der Waals surface area contributed by atoms with Crippen molar-refractivity contribution in [2.45, 2.75) is 39.3 Å². The van der Waals surface area contributed by atoms with Crippen molar-refractivity contribution in [3.63, 3.8) is 0 Å². The zero-order valence-corrected chi connectivity index (χ0v) is 12.4. The number of ether oxygens (including phenoxy) is 2. The topological polar surface area (TPSA) is 30.5 Å². The van der Waals surface area contributed by atoms with Gasteiger partial charge in [0.25, 0.3) is 0 Å². The largest absolute Gasteiger partial charge is 0.488 e. The predicted molar refractivity (Wildman–Crippen MR) is 75.1 cm³/mol. The normalized spacial score (nSPS) is 13.4. The van der Waals surface area contributed by atoms with Gasteiger partial charge in [0, 0.05) is 6.04 Å². The van der Waals surface area contributed by atoms with E-state index in [0.29, 0.717) is 13.2 Å². The van der Waals surface area contributed by atoms with Gasteiger partial charge in [-0.1, -0.05) is 6.07 Å². The van der Waals surface area contributed by atoms with Crippen molar-refractivity contribution in [1.29, 1.82) is 0 Å². The minimum Gasteiger partial charge on any atom is -0.488 e. The summed E-state index contributed by atoms with van der Waals surface area (Å²) in [5.74, 6) is -0.0695. The zero-order valence-electron chi connectivity index (χ0n) is 12.4. The molecule has 19 heavy (non-hydrogen) atoms. The smallest absolute Gasteiger partial charge is 0.165 e. The van der Waals surface area contributed by atoms with Crippen LogP contribution in [0.25, 0.3) is 0 Å². The molecule has 0 aliphatic carbocycles. The lowest BCUT2D eigenvalue weighted by molar-refractivity contribution is -0.0166. The SMILES string of the molecule is CNC(C)c1ccc(OCCOC(C)(C)C)c(F)c1. The molecule has 0 saturated carbocycles. The van der Waals surface area contributed by atoms with E-state index in [9.17, 15) is 4.39 Å². The van der Waals surface area contributed by atoms with E-state index in [1.807, 2.05) is 40.8 Å². The Kier molecular flexibility index (Phi) is 5.76. The highest BCUT2D eigenvalue weighted by Gasteiger charge is 2.11. The second kappa shape index (κ2) is 6.87. The fourth-order valence-corrected chi connectivity index (χ4v) is 1.57. The van der Waals surface area contributed by atoms with Gasteiger partial charge in [-0.15, -0.1) is 0 Å². The third-order valence-electron chi connectivity index (χ3n) is 2.76. The van der Waals surface area contributed by atoms with Crippen molar-refractivity contribution in [3.05, 3.63) is 29.6 Å². The molecular weight excluding hydrogens is 245 g/mol. The molecule has 108 valence electrons. The van der Waals surface area contributed by atoms with Gasteiger partial charge >= 0.3 is 0 Å².